The Morgan fingerprint density at radius 1 is 1.47 bits per heavy atom. The summed E-state index contributed by atoms with van der Waals surface area (Å²) in [6.45, 7) is 1.46. The molecule has 3 rings (SSSR count). The molecular formula is C12H14O3. The Kier molecular flexibility index (Phi) is 1.79. The van der Waals surface area contributed by atoms with Gasteiger partial charge in [-0.2, -0.15) is 0 Å². The molecule has 0 spiro atoms. The summed E-state index contributed by atoms with van der Waals surface area (Å²) in [5, 5.41) is 0. The molecule has 2 fully saturated rings. The van der Waals surface area contributed by atoms with E-state index in [1.807, 2.05) is 6.08 Å². The first-order valence-electron chi connectivity index (χ1n) is 5.56. The summed E-state index contributed by atoms with van der Waals surface area (Å²) in [7, 11) is 0. The molecule has 0 aromatic carbocycles. The maximum absolute atomic E-state index is 11.6. The largest absolute Gasteiger partial charge is 0.462 e. The molecule has 2 saturated carbocycles. The molecule has 3 aliphatic rings. The fraction of sp³-hybridized carbons (Fsp3) is 0.667. The van der Waals surface area contributed by atoms with Gasteiger partial charge in [-0.05, 0) is 30.8 Å². The number of fused-ring (bicyclic) bond motifs is 5. The van der Waals surface area contributed by atoms with E-state index in [0.717, 1.165) is 12.8 Å². The maximum Gasteiger partial charge on any atom is 0.302 e. The van der Waals surface area contributed by atoms with Crippen LogP contribution in [0.3, 0.4) is 0 Å². The van der Waals surface area contributed by atoms with Crippen LogP contribution < -0.4 is 0 Å². The summed E-state index contributed by atoms with van der Waals surface area (Å²) in [5.41, 5.74) is 0. The molecule has 2 bridgehead atoms. The summed E-state index contributed by atoms with van der Waals surface area (Å²) in [6.07, 6.45) is 5.74. The van der Waals surface area contributed by atoms with Crippen LogP contribution in [0.1, 0.15) is 19.8 Å². The maximum atomic E-state index is 11.6. The second-order valence-corrected chi connectivity index (χ2v) is 4.91. The Morgan fingerprint density at radius 3 is 3.00 bits per heavy atom. The van der Waals surface area contributed by atoms with Crippen LogP contribution in [-0.4, -0.2) is 17.9 Å². The number of rotatable bonds is 1. The number of allylic oxidation sites excluding steroid dienone is 2. The highest BCUT2D eigenvalue weighted by Crippen LogP contribution is 2.56. The van der Waals surface area contributed by atoms with Gasteiger partial charge >= 0.3 is 5.97 Å². The van der Waals surface area contributed by atoms with E-state index in [2.05, 4.69) is 0 Å². The zero-order valence-electron chi connectivity index (χ0n) is 8.68. The van der Waals surface area contributed by atoms with E-state index in [1.165, 1.54) is 6.92 Å². The predicted molar refractivity (Wildman–Crippen MR) is 52.9 cm³/mol. The molecule has 3 heteroatoms. The molecule has 0 aromatic rings. The molecule has 0 aliphatic heterocycles. The lowest BCUT2D eigenvalue weighted by Crippen LogP contribution is -2.33. The first-order chi connectivity index (χ1) is 7.16. The molecule has 0 N–H and O–H groups in total. The van der Waals surface area contributed by atoms with Crippen molar-refractivity contribution in [2.24, 2.45) is 23.7 Å². The summed E-state index contributed by atoms with van der Waals surface area (Å²) in [6, 6.07) is 0. The minimum atomic E-state index is -0.197. The summed E-state index contributed by atoms with van der Waals surface area (Å²) >= 11 is 0. The van der Waals surface area contributed by atoms with Crippen LogP contribution >= 0.6 is 0 Å². The smallest absolute Gasteiger partial charge is 0.302 e. The minimum Gasteiger partial charge on any atom is -0.462 e. The first-order valence-corrected chi connectivity index (χ1v) is 5.56. The van der Waals surface area contributed by atoms with Crippen molar-refractivity contribution in [2.75, 3.05) is 0 Å². The third-order valence-electron chi connectivity index (χ3n) is 4.13. The number of ketones is 1. The van der Waals surface area contributed by atoms with Crippen LogP contribution in [0, 0.1) is 23.7 Å². The second kappa shape index (κ2) is 2.94. The van der Waals surface area contributed by atoms with Gasteiger partial charge < -0.3 is 4.74 Å². The van der Waals surface area contributed by atoms with Crippen LogP contribution in [0.5, 0.6) is 0 Å². The number of hydrogen-bond acceptors (Lipinski definition) is 3. The van der Waals surface area contributed by atoms with E-state index in [4.69, 9.17) is 4.74 Å². The fourth-order valence-electron chi connectivity index (χ4n) is 3.70. The summed E-state index contributed by atoms with van der Waals surface area (Å²) in [5.74, 6) is 1.49. The van der Waals surface area contributed by atoms with Crippen molar-refractivity contribution in [3.8, 4) is 0 Å². The van der Waals surface area contributed by atoms with Gasteiger partial charge in [0.2, 0.25) is 0 Å². The van der Waals surface area contributed by atoms with Gasteiger partial charge in [-0.25, -0.2) is 0 Å². The van der Waals surface area contributed by atoms with Gasteiger partial charge in [0, 0.05) is 18.8 Å². The Hall–Kier alpha value is -1.12. The molecule has 80 valence electrons. The average molecular weight is 206 g/mol. The van der Waals surface area contributed by atoms with Gasteiger partial charge in [-0.3, -0.25) is 9.59 Å². The van der Waals surface area contributed by atoms with Gasteiger partial charge in [-0.15, -0.1) is 0 Å². The monoisotopic (exact) mass is 206 g/mol. The lowest BCUT2D eigenvalue weighted by atomic mass is 9.79. The molecule has 0 amide bonds. The van der Waals surface area contributed by atoms with Crippen molar-refractivity contribution >= 4 is 11.8 Å². The number of carbonyl (C=O) groups excluding carboxylic acids is 2. The highest BCUT2D eigenvalue weighted by atomic mass is 16.5. The third-order valence-corrected chi connectivity index (χ3v) is 4.13. The van der Waals surface area contributed by atoms with Gasteiger partial charge in [0.05, 0.1) is 0 Å². The first kappa shape index (κ1) is 9.13. The van der Waals surface area contributed by atoms with E-state index in [0.29, 0.717) is 17.8 Å². The molecule has 15 heavy (non-hydrogen) atoms. The van der Waals surface area contributed by atoms with Gasteiger partial charge in [-0.1, -0.05) is 6.08 Å². The minimum absolute atomic E-state index is 0.0595. The van der Waals surface area contributed by atoms with Gasteiger partial charge in [0.25, 0.3) is 0 Å². The predicted octanol–water partition coefficient (Wildman–Crippen LogP) is 1.33. The van der Waals surface area contributed by atoms with Gasteiger partial charge in [0.1, 0.15) is 6.10 Å². The molecule has 5 unspecified atom stereocenters. The molecule has 0 saturated heterocycles. The Labute approximate surface area is 88.5 Å². The second-order valence-electron chi connectivity index (χ2n) is 4.91. The Balaban J connectivity index is 1.80. The number of carbonyl (C=O) groups is 2. The van der Waals surface area contributed by atoms with Crippen LogP contribution in [0.2, 0.25) is 0 Å². The summed E-state index contributed by atoms with van der Waals surface area (Å²) < 4.78 is 5.30. The average Bonchev–Trinajstić information content (AvgIpc) is 2.76. The van der Waals surface area contributed by atoms with Crippen LogP contribution in [0.25, 0.3) is 0 Å². The normalized spacial score (nSPS) is 45.9. The van der Waals surface area contributed by atoms with Crippen molar-refractivity contribution in [1.29, 1.82) is 0 Å². The molecule has 5 atom stereocenters. The lowest BCUT2D eigenvalue weighted by Gasteiger charge is -2.29. The number of esters is 1. The zero-order chi connectivity index (χ0) is 10.6. The van der Waals surface area contributed by atoms with Crippen LogP contribution in [-0.2, 0) is 14.3 Å². The van der Waals surface area contributed by atoms with E-state index in [-0.39, 0.29) is 23.8 Å². The van der Waals surface area contributed by atoms with Crippen molar-refractivity contribution in [3.63, 3.8) is 0 Å². The molecule has 0 radical (unpaired) electrons. The SMILES string of the molecule is CC(=O)OC1CC2CC1C1C=CC(=O)C21. The quantitative estimate of drug-likeness (QED) is 0.608. The molecule has 0 aromatic heterocycles. The van der Waals surface area contributed by atoms with Crippen LogP contribution in [0.15, 0.2) is 12.2 Å². The topological polar surface area (TPSA) is 43.4 Å². The number of ether oxygens (including phenoxy) is 1. The fourth-order valence-corrected chi connectivity index (χ4v) is 3.70. The van der Waals surface area contributed by atoms with Crippen molar-refractivity contribution in [3.05, 3.63) is 12.2 Å². The molecular weight excluding hydrogens is 192 g/mol. The van der Waals surface area contributed by atoms with Crippen molar-refractivity contribution in [2.45, 2.75) is 25.9 Å². The standard InChI is InChI=1S/C12H14O3/c1-6(13)15-11-5-7-4-9(11)8-2-3-10(14)12(7)8/h2-3,7-9,11-12H,4-5H2,1H3. The van der Waals surface area contributed by atoms with E-state index in [9.17, 15) is 9.59 Å². The van der Waals surface area contributed by atoms with Gasteiger partial charge in [0.15, 0.2) is 5.78 Å². The Bertz CT molecular complexity index is 358. The summed E-state index contributed by atoms with van der Waals surface area (Å²) in [4.78, 5) is 22.5. The molecule has 3 aliphatic carbocycles. The van der Waals surface area contributed by atoms with Crippen molar-refractivity contribution < 1.29 is 14.3 Å². The molecule has 3 nitrogen and oxygen atoms in total. The highest BCUT2D eigenvalue weighted by Gasteiger charge is 2.56. The molecule has 0 heterocycles. The zero-order valence-corrected chi connectivity index (χ0v) is 8.68. The van der Waals surface area contributed by atoms with E-state index < -0.39 is 0 Å². The van der Waals surface area contributed by atoms with Crippen molar-refractivity contribution in [1.82, 2.24) is 0 Å². The van der Waals surface area contributed by atoms with Crippen LogP contribution in [0.4, 0.5) is 0 Å². The highest BCUT2D eigenvalue weighted by molar-refractivity contribution is 5.95. The van der Waals surface area contributed by atoms with E-state index in [1.54, 1.807) is 6.08 Å². The van der Waals surface area contributed by atoms with E-state index >= 15 is 0 Å². The number of hydrogen-bond donors (Lipinski definition) is 0. The third kappa shape index (κ3) is 1.18. The Morgan fingerprint density at radius 2 is 2.27 bits per heavy atom. The lowest BCUT2D eigenvalue weighted by molar-refractivity contribution is -0.150.